The first-order chi connectivity index (χ1) is 23.2. The highest BCUT2D eigenvalue weighted by atomic mass is 15.0. The quantitative estimate of drug-likeness (QED) is 0.203. The lowest BCUT2D eigenvalue weighted by Crippen LogP contribution is -2.08. The number of nitriles is 2. The molecule has 0 saturated carbocycles. The van der Waals surface area contributed by atoms with E-state index in [-0.39, 0.29) is 5.92 Å². The van der Waals surface area contributed by atoms with Crippen molar-refractivity contribution < 1.29 is 0 Å². The van der Waals surface area contributed by atoms with E-state index in [0.717, 1.165) is 45.9 Å². The summed E-state index contributed by atoms with van der Waals surface area (Å²) in [6, 6.07) is 52.0. The predicted octanol–water partition coefficient (Wildman–Crippen LogP) is 10.8. The lowest BCUT2D eigenvalue weighted by molar-refractivity contribution is 0.628. The minimum absolute atomic E-state index is 0.200. The van der Waals surface area contributed by atoms with Crippen molar-refractivity contribution in [1.82, 2.24) is 4.57 Å². The number of hydrogen-bond donors (Lipinski definition) is 0. The average molecular weight is 600 g/mol. The molecular formula is C44H29N3. The van der Waals surface area contributed by atoms with Crippen LogP contribution in [0.2, 0.25) is 0 Å². The molecule has 8 aromatic rings. The Bertz CT molecular complexity index is 2640. The largest absolute Gasteiger partial charge is 0.308 e. The van der Waals surface area contributed by atoms with Gasteiger partial charge in [0.2, 0.25) is 0 Å². The maximum absolute atomic E-state index is 10.6. The van der Waals surface area contributed by atoms with Crippen LogP contribution in [0.1, 0.15) is 40.2 Å². The number of rotatable bonds is 3. The average Bonchev–Trinajstić information content (AvgIpc) is 3.38. The fourth-order valence-electron chi connectivity index (χ4n) is 8.05. The second-order valence-corrected chi connectivity index (χ2v) is 12.6. The molecule has 9 rings (SSSR count). The highest BCUT2D eigenvalue weighted by molar-refractivity contribution is 6.21. The molecule has 0 N–H and O–H groups in total. The topological polar surface area (TPSA) is 52.5 Å². The molecule has 0 amide bonds. The first-order valence-electron chi connectivity index (χ1n) is 16.2. The second kappa shape index (κ2) is 10.7. The number of nitrogens with zero attached hydrogens (tertiary/aromatic N) is 3. The monoisotopic (exact) mass is 599 g/mol. The number of aromatic nitrogens is 1. The molecule has 0 saturated heterocycles. The molecule has 1 heterocycles. The maximum atomic E-state index is 10.6. The Hall–Kier alpha value is -6.16. The van der Waals surface area contributed by atoms with E-state index >= 15 is 0 Å². The molecule has 7 aromatic carbocycles. The second-order valence-electron chi connectivity index (χ2n) is 12.6. The SMILES string of the molecule is N#Cc1cc(-n2c3ccccc3c3c4ccccc4ccc32)c(C#N)cc1C[C@@H]1CCc2ccccc2-c2c1ccc1ccccc21. The van der Waals surface area contributed by atoms with Crippen molar-refractivity contribution in [2.75, 3.05) is 0 Å². The van der Waals surface area contributed by atoms with Gasteiger partial charge in [0, 0.05) is 10.8 Å². The van der Waals surface area contributed by atoms with Crippen molar-refractivity contribution in [1.29, 1.82) is 10.5 Å². The van der Waals surface area contributed by atoms with E-state index in [9.17, 15) is 10.5 Å². The van der Waals surface area contributed by atoms with Gasteiger partial charge in [-0.3, -0.25) is 0 Å². The molecule has 1 aliphatic rings. The van der Waals surface area contributed by atoms with Gasteiger partial charge in [-0.1, -0.05) is 109 Å². The molecule has 0 unspecified atom stereocenters. The summed E-state index contributed by atoms with van der Waals surface area (Å²) in [5.41, 5.74) is 10.2. The van der Waals surface area contributed by atoms with Crippen molar-refractivity contribution in [3.63, 3.8) is 0 Å². The van der Waals surface area contributed by atoms with Crippen molar-refractivity contribution in [3.8, 4) is 29.0 Å². The lowest BCUT2D eigenvalue weighted by Gasteiger charge is -2.21. The lowest BCUT2D eigenvalue weighted by atomic mass is 9.83. The van der Waals surface area contributed by atoms with Gasteiger partial charge in [-0.2, -0.15) is 10.5 Å². The van der Waals surface area contributed by atoms with Crippen molar-refractivity contribution >= 4 is 43.4 Å². The molecule has 0 bridgehead atoms. The Morgan fingerprint density at radius 1 is 0.617 bits per heavy atom. The van der Waals surface area contributed by atoms with Gasteiger partial charge in [-0.25, -0.2) is 0 Å². The third kappa shape index (κ3) is 4.18. The zero-order chi connectivity index (χ0) is 31.5. The van der Waals surface area contributed by atoms with Crippen LogP contribution in [0.5, 0.6) is 0 Å². The highest BCUT2D eigenvalue weighted by Crippen LogP contribution is 2.44. The molecule has 3 heteroatoms. The summed E-state index contributed by atoms with van der Waals surface area (Å²) in [4.78, 5) is 0. The first-order valence-corrected chi connectivity index (χ1v) is 16.2. The number of fused-ring (bicyclic) bond motifs is 10. The normalized spacial score (nSPS) is 14.0. The van der Waals surface area contributed by atoms with Crippen molar-refractivity contribution in [2.45, 2.75) is 25.2 Å². The summed E-state index contributed by atoms with van der Waals surface area (Å²) in [7, 11) is 0. The Morgan fingerprint density at radius 2 is 1.30 bits per heavy atom. The van der Waals surface area contributed by atoms with Crippen LogP contribution in [-0.4, -0.2) is 4.57 Å². The molecule has 3 nitrogen and oxygen atoms in total. The van der Waals surface area contributed by atoms with Gasteiger partial charge >= 0.3 is 0 Å². The summed E-state index contributed by atoms with van der Waals surface area (Å²) < 4.78 is 2.17. The molecule has 0 fully saturated rings. The minimum atomic E-state index is 0.200. The van der Waals surface area contributed by atoms with Gasteiger partial charge in [0.15, 0.2) is 0 Å². The van der Waals surface area contributed by atoms with E-state index in [1.807, 2.05) is 18.2 Å². The number of para-hydroxylation sites is 1. The zero-order valence-corrected chi connectivity index (χ0v) is 25.7. The zero-order valence-electron chi connectivity index (χ0n) is 25.7. The van der Waals surface area contributed by atoms with Crippen LogP contribution < -0.4 is 0 Å². The Kier molecular flexibility index (Phi) is 6.20. The summed E-state index contributed by atoms with van der Waals surface area (Å²) in [5.74, 6) is 0.200. The fourth-order valence-corrected chi connectivity index (χ4v) is 8.05. The summed E-state index contributed by atoms with van der Waals surface area (Å²) in [6.07, 6.45) is 2.62. The summed E-state index contributed by atoms with van der Waals surface area (Å²) >= 11 is 0. The van der Waals surface area contributed by atoms with Crippen LogP contribution in [0.4, 0.5) is 0 Å². The molecule has 47 heavy (non-hydrogen) atoms. The third-order valence-corrected chi connectivity index (χ3v) is 10.2. The number of aryl methyl sites for hydroxylation is 1. The molecule has 0 radical (unpaired) electrons. The molecule has 0 aliphatic heterocycles. The van der Waals surface area contributed by atoms with Gasteiger partial charge in [-0.05, 0) is 98.8 Å². The smallest absolute Gasteiger partial charge is 0.101 e. The van der Waals surface area contributed by atoms with Crippen molar-refractivity contribution in [2.24, 2.45) is 0 Å². The highest BCUT2D eigenvalue weighted by Gasteiger charge is 2.26. The fraction of sp³-hybridized carbons (Fsp3) is 0.0909. The van der Waals surface area contributed by atoms with Crippen LogP contribution in [0, 0.1) is 22.7 Å². The van der Waals surface area contributed by atoms with Gasteiger partial charge in [0.1, 0.15) is 6.07 Å². The van der Waals surface area contributed by atoms with Gasteiger partial charge in [0.05, 0.1) is 33.9 Å². The summed E-state index contributed by atoms with van der Waals surface area (Å²) in [5, 5.41) is 28.3. The molecule has 1 aromatic heterocycles. The van der Waals surface area contributed by atoms with E-state index in [2.05, 4.69) is 132 Å². The van der Waals surface area contributed by atoms with Crippen LogP contribution in [0.3, 0.4) is 0 Å². The third-order valence-electron chi connectivity index (χ3n) is 10.2. The maximum Gasteiger partial charge on any atom is 0.101 e. The molecule has 1 aliphatic carbocycles. The Labute approximate surface area is 273 Å². The van der Waals surface area contributed by atoms with E-state index in [1.165, 1.54) is 43.8 Å². The van der Waals surface area contributed by atoms with Crippen LogP contribution >= 0.6 is 0 Å². The molecule has 220 valence electrons. The molecule has 1 atom stereocenters. The van der Waals surface area contributed by atoms with E-state index < -0.39 is 0 Å². The Morgan fingerprint density at radius 3 is 2.13 bits per heavy atom. The van der Waals surface area contributed by atoms with E-state index in [4.69, 9.17) is 0 Å². The van der Waals surface area contributed by atoms with Gasteiger partial charge in [0.25, 0.3) is 0 Å². The van der Waals surface area contributed by atoms with Gasteiger partial charge in [-0.15, -0.1) is 0 Å². The molecular weight excluding hydrogens is 571 g/mol. The van der Waals surface area contributed by atoms with Crippen LogP contribution in [0.15, 0.2) is 133 Å². The van der Waals surface area contributed by atoms with E-state index in [1.54, 1.807) is 0 Å². The number of hydrogen-bond acceptors (Lipinski definition) is 2. The van der Waals surface area contributed by atoms with E-state index in [0.29, 0.717) is 17.5 Å². The van der Waals surface area contributed by atoms with Crippen LogP contribution in [-0.2, 0) is 12.8 Å². The minimum Gasteiger partial charge on any atom is -0.308 e. The summed E-state index contributed by atoms with van der Waals surface area (Å²) in [6.45, 7) is 0. The molecule has 0 spiro atoms. The van der Waals surface area contributed by atoms with Crippen LogP contribution in [0.25, 0.3) is 60.2 Å². The Balaban J connectivity index is 1.22. The van der Waals surface area contributed by atoms with Gasteiger partial charge < -0.3 is 4.57 Å². The predicted molar refractivity (Wildman–Crippen MR) is 192 cm³/mol. The van der Waals surface area contributed by atoms with Crippen molar-refractivity contribution in [3.05, 3.63) is 161 Å². The standard InChI is InChI=1S/C44H29N3/c45-26-33-25-42(47-40-16-8-7-15-39(40)44-37-14-6-3-11-30(37)20-22-41(44)47)34(27-46)24-32(33)23-31-18-17-28-9-1-4-12-35(28)43-36-13-5-2-10-29(36)19-21-38(31)43/h1-16,19-22,24-25,31H,17-18,23H2/t31-/m0/s1. The first kappa shape index (κ1) is 27.2. The number of benzene rings is 7.